The third-order valence-corrected chi connectivity index (χ3v) is 2.78. The van der Waals surface area contributed by atoms with E-state index >= 15 is 0 Å². The van der Waals surface area contributed by atoms with Gasteiger partial charge >= 0.3 is 0 Å². The summed E-state index contributed by atoms with van der Waals surface area (Å²) in [6, 6.07) is 4.37. The Labute approximate surface area is 97.7 Å². The number of aryl methyl sites for hydroxylation is 1. The Hall–Kier alpha value is -1.19. The maximum atomic E-state index is 5.53. The summed E-state index contributed by atoms with van der Waals surface area (Å²) in [4.78, 5) is 4.10. The van der Waals surface area contributed by atoms with Crippen LogP contribution in [0.3, 0.4) is 0 Å². The molecule has 0 fully saturated rings. The molecule has 88 valence electrons. The molecule has 1 atom stereocenters. The lowest BCUT2D eigenvalue weighted by Gasteiger charge is -2.16. The molecular formula is C13H21N3. The topological polar surface area (TPSA) is 50.9 Å². The van der Waals surface area contributed by atoms with Gasteiger partial charge in [0.15, 0.2) is 0 Å². The van der Waals surface area contributed by atoms with Crippen LogP contribution in [0.15, 0.2) is 36.7 Å². The Morgan fingerprint density at radius 3 is 3.00 bits per heavy atom. The Morgan fingerprint density at radius 2 is 2.44 bits per heavy atom. The summed E-state index contributed by atoms with van der Waals surface area (Å²) in [5.74, 6) is 5.53. The maximum absolute atomic E-state index is 5.53. The molecule has 0 aliphatic carbocycles. The minimum Gasteiger partial charge on any atom is -0.271 e. The summed E-state index contributed by atoms with van der Waals surface area (Å²) >= 11 is 0. The van der Waals surface area contributed by atoms with Crippen molar-refractivity contribution in [2.24, 2.45) is 5.84 Å². The Morgan fingerprint density at radius 1 is 1.62 bits per heavy atom. The van der Waals surface area contributed by atoms with Crippen molar-refractivity contribution >= 4 is 0 Å². The number of hydrogen-bond acceptors (Lipinski definition) is 3. The largest absolute Gasteiger partial charge is 0.271 e. The predicted octanol–water partition coefficient (Wildman–Crippen LogP) is 2.20. The van der Waals surface area contributed by atoms with E-state index in [9.17, 15) is 0 Å². The fraction of sp³-hybridized carbons (Fsp3) is 0.462. The summed E-state index contributed by atoms with van der Waals surface area (Å²) in [6.07, 6.45) is 7.68. The quantitative estimate of drug-likeness (QED) is 0.420. The zero-order valence-electron chi connectivity index (χ0n) is 9.95. The normalized spacial score (nSPS) is 12.4. The van der Waals surface area contributed by atoms with Gasteiger partial charge in [0.05, 0.1) is 0 Å². The molecule has 1 aromatic heterocycles. The van der Waals surface area contributed by atoms with Gasteiger partial charge in [-0.1, -0.05) is 25.1 Å². The van der Waals surface area contributed by atoms with Gasteiger partial charge in [-0.2, -0.15) is 0 Å². The average molecular weight is 219 g/mol. The van der Waals surface area contributed by atoms with E-state index < -0.39 is 0 Å². The second-order valence-corrected chi connectivity index (χ2v) is 4.07. The molecule has 0 aliphatic heterocycles. The average Bonchev–Trinajstić information content (AvgIpc) is 2.35. The van der Waals surface area contributed by atoms with Gasteiger partial charge in [0.25, 0.3) is 0 Å². The van der Waals surface area contributed by atoms with E-state index in [4.69, 9.17) is 5.84 Å². The summed E-state index contributed by atoms with van der Waals surface area (Å²) in [5, 5.41) is 0. The minimum absolute atomic E-state index is 0.313. The molecule has 1 rings (SSSR count). The number of aromatic nitrogens is 1. The number of nitrogens with two attached hydrogens (primary N) is 1. The van der Waals surface area contributed by atoms with Crippen molar-refractivity contribution in [2.45, 2.75) is 38.6 Å². The van der Waals surface area contributed by atoms with E-state index in [2.05, 4.69) is 30.0 Å². The van der Waals surface area contributed by atoms with Crippen molar-refractivity contribution in [3.05, 3.63) is 42.2 Å². The number of hydrazine groups is 1. The minimum atomic E-state index is 0.313. The molecule has 0 saturated carbocycles. The van der Waals surface area contributed by atoms with E-state index in [1.54, 1.807) is 6.20 Å². The monoisotopic (exact) mass is 219 g/mol. The van der Waals surface area contributed by atoms with Crippen molar-refractivity contribution in [3.8, 4) is 0 Å². The van der Waals surface area contributed by atoms with Crippen LogP contribution in [0, 0.1) is 0 Å². The highest BCUT2D eigenvalue weighted by molar-refractivity contribution is 5.09. The second kappa shape index (κ2) is 7.14. The van der Waals surface area contributed by atoms with Crippen molar-refractivity contribution in [3.63, 3.8) is 0 Å². The second-order valence-electron chi connectivity index (χ2n) is 4.07. The van der Waals surface area contributed by atoms with Crippen LogP contribution in [0.5, 0.6) is 0 Å². The van der Waals surface area contributed by atoms with E-state index in [0.29, 0.717) is 6.04 Å². The number of nitrogens with one attached hydrogen (secondary N) is 1. The number of nitrogens with zero attached hydrogens (tertiary/aromatic N) is 1. The molecule has 1 unspecified atom stereocenters. The van der Waals surface area contributed by atoms with Gasteiger partial charge in [-0.3, -0.25) is 16.3 Å². The molecule has 1 heterocycles. The molecular weight excluding hydrogens is 198 g/mol. The van der Waals surface area contributed by atoms with E-state index in [0.717, 1.165) is 25.7 Å². The SMILES string of the molecule is C=C(CC)CC(CCc1cccnc1)NN. The van der Waals surface area contributed by atoms with Gasteiger partial charge in [0.1, 0.15) is 0 Å². The van der Waals surface area contributed by atoms with Crippen molar-refractivity contribution < 1.29 is 0 Å². The standard InChI is InChI=1S/C13H21N3/c1-3-11(2)9-13(16-14)7-6-12-5-4-8-15-10-12/h4-5,8,10,13,16H,2-3,6-7,9,14H2,1H3. The van der Waals surface area contributed by atoms with Crippen LogP contribution in [-0.4, -0.2) is 11.0 Å². The fourth-order valence-corrected chi connectivity index (χ4v) is 1.62. The highest BCUT2D eigenvalue weighted by Crippen LogP contribution is 2.11. The third kappa shape index (κ3) is 4.55. The highest BCUT2D eigenvalue weighted by atomic mass is 15.2. The summed E-state index contributed by atoms with van der Waals surface area (Å²) in [7, 11) is 0. The van der Waals surface area contributed by atoms with Gasteiger partial charge in [-0.25, -0.2) is 0 Å². The molecule has 3 N–H and O–H groups in total. The molecule has 0 bridgehead atoms. The lowest BCUT2D eigenvalue weighted by molar-refractivity contribution is 0.486. The third-order valence-electron chi connectivity index (χ3n) is 2.78. The predicted molar refractivity (Wildman–Crippen MR) is 67.7 cm³/mol. The zero-order chi connectivity index (χ0) is 11.8. The van der Waals surface area contributed by atoms with Gasteiger partial charge in [-0.15, -0.1) is 0 Å². The van der Waals surface area contributed by atoms with Crippen molar-refractivity contribution in [1.29, 1.82) is 0 Å². The van der Waals surface area contributed by atoms with Crippen LogP contribution >= 0.6 is 0 Å². The van der Waals surface area contributed by atoms with Gasteiger partial charge in [0, 0.05) is 18.4 Å². The smallest absolute Gasteiger partial charge is 0.0299 e. The van der Waals surface area contributed by atoms with Gasteiger partial charge in [0.2, 0.25) is 0 Å². The first-order valence-electron chi connectivity index (χ1n) is 5.78. The Bertz CT molecular complexity index is 308. The Kier molecular flexibility index (Phi) is 5.75. The lowest BCUT2D eigenvalue weighted by atomic mass is 10.00. The zero-order valence-corrected chi connectivity index (χ0v) is 9.95. The maximum Gasteiger partial charge on any atom is 0.0299 e. The molecule has 0 aliphatic rings. The van der Waals surface area contributed by atoms with Crippen LogP contribution in [0.1, 0.15) is 31.7 Å². The van der Waals surface area contributed by atoms with E-state index in [1.807, 2.05) is 12.3 Å². The molecule has 1 aromatic rings. The first-order valence-corrected chi connectivity index (χ1v) is 5.78. The van der Waals surface area contributed by atoms with E-state index in [-0.39, 0.29) is 0 Å². The first-order chi connectivity index (χ1) is 7.76. The number of rotatable bonds is 7. The summed E-state index contributed by atoms with van der Waals surface area (Å²) in [5.41, 5.74) is 5.36. The van der Waals surface area contributed by atoms with E-state index in [1.165, 1.54) is 11.1 Å². The molecule has 0 spiro atoms. The molecule has 3 heteroatoms. The molecule has 0 saturated heterocycles. The lowest BCUT2D eigenvalue weighted by Crippen LogP contribution is -2.35. The van der Waals surface area contributed by atoms with Crippen molar-refractivity contribution in [1.82, 2.24) is 10.4 Å². The molecule has 16 heavy (non-hydrogen) atoms. The van der Waals surface area contributed by atoms with Gasteiger partial charge < -0.3 is 0 Å². The van der Waals surface area contributed by atoms with Crippen LogP contribution in [-0.2, 0) is 6.42 Å². The van der Waals surface area contributed by atoms with Crippen LogP contribution < -0.4 is 11.3 Å². The first kappa shape index (κ1) is 12.9. The van der Waals surface area contributed by atoms with Crippen LogP contribution in [0.2, 0.25) is 0 Å². The highest BCUT2D eigenvalue weighted by Gasteiger charge is 2.07. The fourth-order valence-electron chi connectivity index (χ4n) is 1.62. The summed E-state index contributed by atoms with van der Waals surface area (Å²) < 4.78 is 0. The molecule has 3 nitrogen and oxygen atoms in total. The molecule has 0 amide bonds. The molecule has 0 radical (unpaired) electrons. The van der Waals surface area contributed by atoms with Crippen molar-refractivity contribution in [2.75, 3.05) is 0 Å². The summed E-state index contributed by atoms with van der Waals surface area (Å²) in [6.45, 7) is 6.13. The van der Waals surface area contributed by atoms with Crippen LogP contribution in [0.25, 0.3) is 0 Å². The van der Waals surface area contributed by atoms with Crippen LogP contribution in [0.4, 0.5) is 0 Å². The molecule has 0 aromatic carbocycles. The number of pyridine rings is 1. The number of hydrogen-bond donors (Lipinski definition) is 2. The van der Waals surface area contributed by atoms with Gasteiger partial charge in [-0.05, 0) is 37.3 Å². The Balaban J connectivity index is 2.37.